The van der Waals surface area contributed by atoms with E-state index in [4.69, 9.17) is 4.55 Å². The van der Waals surface area contributed by atoms with Gasteiger partial charge in [0.15, 0.2) is 0 Å². The summed E-state index contributed by atoms with van der Waals surface area (Å²) in [6, 6.07) is 3.20. The second kappa shape index (κ2) is 5.17. The Kier molecular flexibility index (Phi) is 4.21. The molecule has 0 radical (unpaired) electrons. The number of carbonyl (C=O) groups excluding carboxylic acids is 1. The first kappa shape index (κ1) is 15.4. The Bertz CT molecular complexity index is 592. The highest BCUT2D eigenvalue weighted by atomic mass is 32.2. The Morgan fingerprint density at radius 2 is 1.95 bits per heavy atom. The molecule has 0 aromatic heterocycles. The molecule has 1 aromatic carbocycles. The Hall–Kier alpha value is -1.61. The molecule has 0 heterocycles. The van der Waals surface area contributed by atoms with Crippen LogP contribution in [0.3, 0.4) is 0 Å². The monoisotopic (exact) mass is 298 g/mol. The number of carbonyl (C=O) groups is 1. The van der Waals surface area contributed by atoms with E-state index in [1.807, 2.05) is 0 Å². The van der Waals surface area contributed by atoms with Crippen molar-refractivity contribution in [1.29, 1.82) is 0 Å². The van der Waals surface area contributed by atoms with Gasteiger partial charge in [-0.25, -0.2) is 0 Å². The number of hydrogen-bond acceptors (Lipinski definition) is 4. The normalized spacial score (nSPS) is 12.3. The van der Waals surface area contributed by atoms with Crippen LogP contribution in [0.5, 0.6) is 5.75 Å². The molecule has 0 spiro atoms. The van der Waals surface area contributed by atoms with Crippen LogP contribution in [0.1, 0.15) is 15.9 Å². The zero-order chi connectivity index (χ0) is 14.8. The van der Waals surface area contributed by atoms with Crippen LogP contribution in [-0.2, 0) is 10.1 Å². The first-order chi connectivity index (χ1) is 8.50. The van der Waals surface area contributed by atoms with Gasteiger partial charge in [-0.2, -0.15) is 21.6 Å². The van der Waals surface area contributed by atoms with Crippen molar-refractivity contribution < 1.29 is 35.7 Å². The highest BCUT2D eigenvalue weighted by Crippen LogP contribution is 2.28. The van der Waals surface area contributed by atoms with Gasteiger partial charge >= 0.3 is 16.3 Å². The van der Waals surface area contributed by atoms with Gasteiger partial charge in [0.1, 0.15) is 5.75 Å². The van der Waals surface area contributed by atoms with Crippen LogP contribution < -0.4 is 4.74 Å². The van der Waals surface area contributed by atoms with Gasteiger partial charge in [-0.15, -0.1) is 0 Å². The Balaban J connectivity index is 3.15. The zero-order valence-corrected chi connectivity index (χ0v) is 10.4. The predicted octanol–water partition coefficient (Wildman–Crippen LogP) is 1.96. The maximum absolute atomic E-state index is 12.3. The third-order valence-electron chi connectivity index (χ3n) is 2.00. The highest BCUT2D eigenvalue weighted by Gasteiger charge is 2.40. The van der Waals surface area contributed by atoms with Crippen molar-refractivity contribution in [3.8, 4) is 5.75 Å². The molecule has 0 fully saturated rings. The molecule has 0 atom stereocenters. The lowest BCUT2D eigenvalue weighted by Crippen LogP contribution is -2.24. The van der Waals surface area contributed by atoms with E-state index >= 15 is 0 Å². The summed E-state index contributed by atoms with van der Waals surface area (Å²) in [5, 5.41) is 0. The maximum atomic E-state index is 12.3. The van der Waals surface area contributed by atoms with Crippen molar-refractivity contribution in [2.45, 2.75) is 13.1 Å². The Morgan fingerprint density at radius 1 is 1.37 bits per heavy atom. The van der Waals surface area contributed by atoms with Crippen LogP contribution in [-0.4, -0.2) is 30.9 Å². The van der Waals surface area contributed by atoms with E-state index in [9.17, 15) is 26.4 Å². The summed E-state index contributed by atoms with van der Waals surface area (Å²) < 4.78 is 71.0. The first-order valence-corrected chi connectivity index (χ1v) is 6.42. The average molecular weight is 298 g/mol. The summed E-state index contributed by atoms with van der Waals surface area (Å²) in [5.74, 6) is -3.95. The minimum Gasteiger partial charge on any atom is -0.474 e. The van der Waals surface area contributed by atoms with Gasteiger partial charge < -0.3 is 4.74 Å². The third-order valence-corrected chi connectivity index (χ3v) is 2.42. The average Bonchev–Trinajstić information content (AvgIpc) is 2.23. The fraction of sp³-hybridized carbons (Fsp3) is 0.300. The van der Waals surface area contributed by atoms with Gasteiger partial charge in [0.2, 0.25) is 5.94 Å². The Morgan fingerprint density at radius 3 is 2.42 bits per heavy atom. The molecular weight excluding hydrogens is 289 g/mol. The molecule has 0 aliphatic carbocycles. The minimum absolute atomic E-state index is 0.462. The van der Waals surface area contributed by atoms with Gasteiger partial charge in [0.25, 0.3) is 5.78 Å². The molecule has 0 saturated carbocycles. The van der Waals surface area contributed by atoms with Crippen LogP contribution in [0, 0.1) is 6.92 Å². The van der Waals surface area contributed by atoms with Crippen LogP contribution in [0.25, 0.3) is 0 Å². The molecule has 0 unspecified atom stereocenters. The molecule has 0 aliphatic rings. The lowest BCUT2D eigenvalue weighted by atomic mass is 10.1. The first-order valence-electron chi connectivity index (χ1n) is 4.81. The van der Waals surface area contributed by atoms with E-state index in [1.165, 1.54) is 13.0 Å². The molecule has 1 aromatic rings. The minimum atomic E-state index is -5.11. The van der Waals surface area contributed by atoms with Crippen molar-refractivity contribution in [3.63, 3.8) is 0 Å². The quantitative estimate of drug-likeness (QED) is 0.679. The van der Waals surface area contributed by atoms with Crippen molar-refractivity contribution in [2.24, 2.45) is 0 Å². The smallest absolute Gasteiger partial charge is 0.455 e. The molecule has 1 N–H and O–H groups in total. The Labute approximate surface area is 106 Å². The summed E-state index contributed by atoms with van der Waals surface area (Å²) in [6.45, 7) is 1.52. The number of benzene rings is 1. The van der Waals surface area contributed by atoms with E-state index in [0.29, 0.717) is 5.56 Å². The lowest BCUT2D eigenvalue weighted by Gasteiger charge is -2.12. The summed E-state index contributed by atoms with van der Waals surface area (Å²) in [6.07, 6.45) is -5.11. The van der Waals surface area contributed by atoms with E-state index < -0.39 is 39.3 Å². The molecule has 0 amide bonds. The lowest BCUT2D eigenvalue weighted by molar-refractivity contribution is -0.0886. The largest absolute Gasteiger partial charge is 0.474 e. The molecule has 0 saturated heterocycles. The number of ether oxygens (including phenoxy) is 1. The van der Waals surface area contributed by atoms with Crippen LogP contribution in [0.2, 0.25) is 0 Å². The fourth-order valence-electron chi connectivity index (χ4n) is 1.23. The van der Waals surface area contributed by atoms with E-state index in [0.717, 1.165) is 12.1 Å². The fourth-order valence-corrected chi connectivity index (χ4v) is 1.50. The third kappa shape index (κ3) is 4.52. The van der Waals surface area contributed by atoms with Crippen LogP contribution in [0.15, 0.2) is 18.2 Å². The summed E-state index contributed by atoms with van der Waals surface area (Å²) in [5.41, 5.74) is -0.356. The van der Waals surface area contributed by atoms with Gasteiger partial charge in [-0.3, -0.25) is 9.35 Å². The number of halogens is 3. The number of hydrogen-bond donors (Lipinski definition) is 1. The second-order valence-corrected chi connectivity index (χ2v) is 5.07. The van der Waals surface area contributed by atoms with Crippen LogP contribution in [0.4, 0.5) is 13.2 Å². The summed E-state index contributed by atoms with van der Waals surface area (Å²) in [7, 11) is -4.53. The van der Waals surface area contributed by atoms with E-state index in [1.54, 1.807) is 0 Å². The number of ketones is 1. The summed E-state index contributed by atoms with van der Waals surface area (Å²) >= 11 is 0. The van der Waals surface area contributed by atoms with E-state index in [-0.39, 0.29) is 0 Å². The van der Waals surface area contributed by atoms with Gasteiger partial charge in [-0.05, 0) is 24.6 Å². The predicted molar refractivity (Wildman–Crippen MR) is 58.6 cm³/mol. The van der Waals surface area contributed by atoms with Crippen LogP contribution >= 0.6 is 0 Å². The van der Waals surface area contributed by atoms with Crippen molar-refractivity contribution in [3.05, 3.63) is 29.3 Å². The van der Waals surface area contributed by atoms with Gasteiger partial charge in [0.05, 0.1) is 5.56 Å². The number of Topliss-reactive ketones (excluding diaryl/α,β-unsaturated/α-hetero) is 1. The standard InChI is InChI=1S/C10H9F3O5S/c1-6-2-3-7(9(14)10(11,12)13)8(4-6)18-5-19(15,16)17/h2-4H,5H2,1H3,(H,15,16,17). The number of aryl methyl sites for hydroxylation is 1. The molecular formula is C10H9F3O5S. The van der Waals surface area contributed by atoms with Crippen molar-refractivity contribution in [1.82, 2.24) is 0 Å². The van der Waals surface area contributed by atoms with Crippen molar-refractivity contribution in [2.75, 3.05) is 5.94 Å². The molecule has 5 nitrogen and oxygen atoms in total. The summed E-state index contributed by atoms with van der Waals surface area (Å²) in [4.78, 5) is 11.1. The maximum Gasteiger partial charge on any atom is 0.455 e. The molecule has 0 bridgehead atoms. The molecule has 106 valence electrons. The van der Waals surface area contributed by atoms with Gasteiger partial charge in [0, 0.05) is 0 Å². The van der Waals surface area contributed by atoms with Gasteiger partial charge in [-0.1, -0.05) is 6.07 Å². The SMILES string of the molecule is Cc1ccc(C(=O)C(F)(F)F)c(OCS(=O)(=O)O)c1. The zero-order valence-electron chi connectivity index (χ0n) is 9.56. The molecule has 0 aliphatic heterocycles. The van der Waals surface area contributed by atoms with Crippen molar-refractivity contribution >= 4 is 15.9 Å². The molecule has 19 heavy (non-hydrogen) atoms. The topological polar surface area (TPSA) is 80.7 Å². The van der Waals surface area contributed by atoms with E-state index in [2.05, 4.69) is 4.74 Å². The second-order valence-electron chi connectivity index (χ2n) is 3.67. The highest BCUT2D eigenvalue weighted by molar-refractivity contribution is 7.85. The molecule has 1 rings (SSSR count). The molecule has 9 heteroatoms. The number of alkyl halides is 3. The number of rotatable bonds is 4.